The fourth-order valence-corrected chi connectivity index (χ4v) is 5.71. The van der Waals surface area contributed by atoms with Crippen molar-refractivity contribution in [1.29, 1.82) is 0 Å². The third kappa shape index (κ3) is 4.19. The zero-order valence-corrected chi connectivity index (χ0v) is 20.1. The number of nitrogens with zero attached hydrogens (tertiary/aromatic N) is 4. The van der Waals surface area contributed by atoms with E-state index in [4.69, 9.17) is 4.74 Å². The lowest BCUT2D eigenvalue weighted by molar-refractivity contribution is -0.384. The first-order valence-electron chi connectivity index (χ1n) is 12.2. The lowest BCUT2D eigenvalue weighted by Gasteiger charge is -2.37. The second-order valence-electron chi connectivity index (χ2n) is 9.75. The van der Waals surface area contributed by atoms with Crippen LogP contribution in [0.1, 0.15) is 26.2 Å². The highest BCUT2D eigenvalue weighted by Crippen LogP contribution is 2.43. The lowest BCUT2D eigenvalue weighted by Crippen LogP contribution is -2.46. The Balaban J connectivity index is 1.34. The first-order valence-corrected chi connectivity index (χ1v) is 12.2. The molecule has 0 unspecified atom stereocenters. The molecule has 5 rings (SSSR count). The zero-order chi connectivity index (χ0) is 24.7. The van der Waals surface area contributed by atoms with Crippen molar-refractivity contribution in [3.05, 3.63) is 52.6 Å². The molecule has 0 radical (unpaired) electrons. The molecule has 1 saturated carbocycles. The van der Waals surface area contributed by atoms with Gasteiger partial charge >= 0.3 is 0 Å². The summed E-state index contributed by atoms with van der Waals surface area (Å²) in [6.07, 6.45) is 2.32. The van der Waals surface area contributed by atoms with Gasteiger partial charge < -0.3 is 14.5 Å². The van der Waals surface area contributed by atoms with Gasteiger partial charge in [-0.15, -0.1) is 0 Å². The molecule has 0 aromatic heterocycles. The van der Waals surface area contributed by atoms with Crippen LogP contribution in [0.5, 0.6) is 5.75 Å². The van der Waals surface area contributed by atoms with Crippen LogP contribution in [-0.4, -0.2) is 50.0 Å². The molecule has 1 aliphatic carbocycles. The van der Waals surface area contributed by atoms with Crippen LogP contribution in [-0.2, 0) is 9.59 Å². The van der Waals surface area contributed by atoms with E-state index in [1.54, 1.807) is 19.2 Å². The van der Waals surface area contributed by atoms with Crippen LogP contribution >= 0.6 is 0 Å². The van der Waals surface area contributed by atoms with Gasteiger partial charge in [0, 0.05) is 37.9 Å². The highest BCUT2D eigenvalue weighted by atomic mass is 16.6. The van der Waals surface area contributed by atoms with Gasteiger partial charge in [0.25, 0.3) is 5.69 Å². The van der Waals surface area contributed by atoms with E-state index < -0.39 is 4.92 Å². The summed E-state index contributed by atoms with van der Waals surface area (Å²) in [7, 11) is 1.63. The summed E-state index contributed by atoms with van der Waals surface area (Å²) in [5.74, 6) is 0.149. The number of fused-ring (bicyclic) bond motifs is 1. The van der Waals surface area contributed by atoms with Crippen molar-refractivity contribution < 1.29 is 19.2 Å². The SMILES string of the molecule is COc1ccc(N2CCN(c3ccc(N4C(=O)[C@H]5C[C@@H](C)CC[C@H]5C4=O)cc3[N+](=O)[O-])CC2)cc1. The minimum atomic E-state index is -0.422. The molecule has 9 heteroatoms. The predicted molar refractivity (Wildman–Crippen MR) is 133 cm³/mol. The Bertz CT molecular complexity index is 1140. The van der Waals surface area contributed by atoms with Crippen LogP contribution in [0.25, 0.3) is 0 Å². The summed E-state index contributed by atoms with van der Waals surface area (Å²) >= 11 is 0. The Morgan fingerprint density at radius 3 is 2.17 bits per heavy atom. The smallest absolute Gasteiger partial charge is 0.294 e. The summed E-state index contributed by atoms with van der Waals surface area (Å²) in [6.45, 7) is 4.78. The first kappa shape index (κ1) is 23.1. The van der Waals surface area contributed by atoms with Crippen LogP contribution in [0.2, 0.25) is 0 Å². The number of piperazine rings is 1. The molecule has 3 aliphatic rings. The molecule has 2 heterocycles. The quantitative estimate of drug-likeness (QED) is 0.366. The maximum Gasteiger partial charge on any atom is 0.294 e. The summed E-state index contributed by atoms with van der Waals surface area (Å²) in [4.78, 5) is 43.1. The fraction of sp³-hybridized carbons (Fsp3) is 0.462. The predicted octanol–water partition coefficient (Wildman–Crippen LogP) is 3.86. The topological polar surface area (TPSA) is 96.2 Å². The van der Waals surface area contributed by atoms with Crippen LogP contribution in [0.3, 0.4) is 0 Å². The van der Waals surface area contributed by atoms with Crippen molar-refractivity contribution in [2.45, 2.75) is 26.2 Å². The van der Waals surface area contributed by atoms with E-state index >= 15 is 0 Å². The summed E-state index contributed by atoms with van der Waals surface area (Å²) in [5, 5.41) is 12.0. The Morgan fingerprint density at radius 2 is 1.51 bits per heavy atom. The molecule has 184 valence electrons. The molecule has 3 atom stereocenters. The van der Waals surface area contributed by atoms with Crippen LogP contribution in [0.4, 0.5) is 22.7 Å². The van der Waals surface area contributed by atoms with Crippen LogP contribution in [0.15, 0.2) is 42.5 Å². The van der Waals surface area contributed by atoms with Gasteiger partial charge in [0.15, 0.2) is 0 Å². The maximum absolute atomic E-state index is 13.1. The second kappa shape index (κ2) is 9.20. The number of nitro groups is 1. The minimum Gasteiger partial charge on any atom is -0.497 e. The van der Waals surface area contributed by atoms with Crippen molar-refractivity contribution in [3.63, 3.8) is 0 Å². The number of nitro benzene ring substituents is 1. The summed E-state index contributed by atoms with van der Waals surface area (Å²) in [5.41, 5.74) is 1.81. The van der Waals surface area contributed by atoms with Crippen molar-refractivity contribution in [2.75, 3.05) is 48.0 Å². The highest BCUT2D eigenvalue weighted by Gasteiger charge is 2.50. The number of methoxy groups -OCH3 is 1. The molecule has 35 heavy (non-hydrogen) atoms. The van der Waals surface area contributed by atoms with Crippen LogP contribution in [0, 0.1) is 27.9 Å². The molecule has 2 amide bonds. The first-order chi connectivity index (χ1) is 16.9. The van der Waals surface area contributed by atoms with Gasteiger partial charge in [0.05, 0.1) is 29.6 Å². The number of hydrogen-bond acceptors (Lipinski definition) is 7. The lowest BCUT2D eigenvalue weighted by atomic mass is 9.76. The number of carbonyl (C=O) groups is 2. The number of amides is 2. The molecule has 2 aliphatic heterocycles. The molecule has 2 aromatic carbocycles. The Hall–Kier alpha value is -3.62. The molecule has 0 spiro atoms. The van der Waals surface area contributed by atoms with E-state index in [9.17, 15) is 19.7 Å². The van der Waals surface area contributed by atoms with E-state index in [0.717, 1.165) is 30.9 Å². The Morgan fingerprint density at radius 1 is 0.886 bits per heavy atom. The van der Waals surface area contributed by atoms with E-state index in [2.05, 4.69) is 11.8 Å². The van der Waals surface area contributed by atoms with Gasteiger partial charge in [-0.2, -0.15) is 0 Å². The molecular formula is C26H30N4O5. The van der Waals surface area contributed by atoms with E-state index in [-0.39, 0.29) is 29.3 Å². The maximum atomic E-state index is 13.1. The van der Waals surface area contributed by atoms with E-state index in [1.807, 2.05) is 29.2 Å². The third-order valence-corrected chi connectivity index (χ3v) is 7.66. The summed E-state index contributed by atoms with van der Waals surface area (Å²) in [6, 6.07) is 12.6. The molecular weight excluding hydrogens is 448 g/mol. The average molecular weight is 479 g/mol. The van der Waals surface area contributed by atoms with Gasteiger partial charge in [0.1, 0.15) is 11.4 Å². The van der Waals surface area contributed by atoms with Gasteiger partial charge in [0.2, 0.25) is 11.8 Å². The average Bonchev–Trinajstić information content (AvgIpc) is 3.12. The van der Waals surface area contributed by atoms with Crippen molar-refractivity contribution in [3.8, 4) is 5.75 Å². The molecule has 9 nitrogen and oxygen atoms in total. The molecule has 0 N–H and O–H groups in total. The van der Waals surface area contributed by atoms with Gasteiger partial charge in [-0.1, -0.05) is 6.92 Å². The van der Waals surface area contributed by atoms with Crippen LogP contribution < -0.4 is 19.4 Å². The molecule has 0 bridgehead atoms. The largest absolute Gasteiger partial charge is 0.497 e. The van der Waals surface area contributed by atoms with E-state index in [1.165, 1.54) is 11.0 Å². The van der Waals surface area contributed by atoms with Crippen molar-refractivity contribution >= 4 is 34.6 Å². The van der Waals surface area contributed by atoms with Gasteiger partial charge in [-0.3, -0.25) is 19.7 Å². The fourth-order valence-electron chi connectivity index (χ4n) is 5.71. The van der Waals surface area contributed by atoms with Crippen molar-refractivity contribution in [2.24, 2.45) is 17.8 Å². The Labute approximate surface area is 204 Å². The van der Waals surface area contributed by atoms with Gasteiger partial charge in [-0.05, 0) is 61.6 Å². The minimum absolute atomic E-state index is 0.0794. The second-order valence-corrected chi connectivity index (χ2v) is 9.75. The highest BCUT2D eigenvalue weighted by molar-refractivity contribution is 6.22. The molecule has 2 aromatic rings. The summed E-state index contributed by atoms with van der Waals surface area (Å²) < 4.78 is 5.22. The Kier molecular flexibility index (Phi) is 6.08. The van der Waals surface area contributed by atoms with Crippen molar-refractivity contribution in [1.82, 2.24) is 0 Å². The monoisotopic (exact) mass is 478 g/mol. The number of carbonyl (C=O) groups excluding carboxylic acids is 2. The zero-order valence-electron chi connectivity index (χ0n) is 20.1. The number of benzene rings is 2. The number of rotatable bonds is 5. The standard InChI is InChI=1S/C26H30N4O5/c1-17-3-9-21-22(15-17)26(32)29(25(21)31)19-6-10-23(24(16-19)30(33)34)28-13-11-27(12-14-28)18-4-7-20(35-2)8-5-18/h4-8,10,16-17,21-22H,3,9,11-15H2,1-2H3/t17-,21+,22-/m0/s1. The number of hydrogen-bond donors (Lipinski definition) is 0. The normalized spacial score (nSPS) is 24.5. The third-order valence-electron chi connectivity index (χ3n) is 7.66. The molecule has 3 fully saturated rings. The number of anilines is 3. The number of imide groups is 1. The van der Waals surface area contributed by atoms with E-state index in [0.29, 0.717) is 43.2 Å². The van der Waals surface area contributed by atoms with Gasteiger partial charge in [-0.25, -0.2) is 4.90 Å². The number of ether oxygens (including phenoxy) is 1. The molecule has 2 saturated heterocycles.